The first-order chi connectivity index (χ1) is 10.1. The number of ether oxygens (including phenoxy) is 1. The van der Waals surface area contributed by atoms with E-state index in [0.717, 1.165) is 12.0 Å². The zero-order valence-electron chi connectivity index (χ0n) is 12.0. The summed E-state index contributed by atoms with van der Waals surface area (Å²) >= 11 is 0. The van der Waals surface area contributed by atoms with E-state index in [1.807, 2.05) is 0 Å². The molecule has 114 valence electrons. The van der Waals surface area contributed by atoms with Crippen molar-refractivity contribution in [3.05, 3.63) is 35.4 Å². The number of benzene rings is 1. The summed E-state index contributed by atoms with van der Waals surface area (Å²) in [6, 6.07) is 6.71. The van der Waals surface area contributed by atoms with E-state index in [9.17, 15) is 9.59 Å². The number of nitrogens with zero attached hydrogens (tertiary/aromatic N) is 1. The van der Waals surface area contributed by atoms with Gasteiger partial charge in [0.05, 0.1) is 11.7 Å². The van der Waals surface area contributed by atoms with E-state index in [-0.39, 0.29) is 17.7 Å². The number of urea groups is 1. The minimum absolute atomic E-state index is 0.114. The van der Waals surface area contributed by atoms with Crippen molar-refractivity contribution in [2.45, 2.75) is 18.9 Å². The highest BCUT2D eigenvalue weighted by Crippen LogP contribution is 2.12. The number of carboxylic acid groups (broad SMARTS) is 1. The highest BCUT2D eigenvalue weighted by molar-refractivity contribution is 5.89. The van der Waals surface area contributed by atoms with Crippen LogP contribution in [0.3, 0.4) is 0 Å². The zero-order chi connectivity index (χ0) is 15.2. The maximum atomic E-state index is 12.0. The molecule has 1 atom stereocenters. The Labute approximate surface area is 123 Å². The standard InChI is InChI=1S/C15H20N2O4/c1-21-12-7-9-17(10-12)15(20)16-8-6-11-4-2-3-5-13(11)14(18)19/h2-5,12H,6-10H2,1H3,(H,16,20)(H,18,19). The van der Waals surface area contributed by atoms with Crippen LogP contribution in [0.4, 0.5) is 4.79 Å². The largest absolute Gasteiger partial charge is 0.478 e. The molecule has 0 bridgehead atoms. The molecule has 1 aromatic rings. The molecule has 6 heteroatoms. The van der Waals surface area contributed by atoms with Crippen LogP contribution in [-0.2, 0) is 11.2 Å². The van der Waals surface area contributed by atoms with Crippen LogP contribution in [0.5, 0.6) is 0 Å². The predicted molar refractivity (Wildman–Crippen MR) is 77.5 cm³/mol. The van der Waals surface area contributed by atoms with Gasteiger partial charge in [-0.05, 0) is 24.5 Å². The van der Waals surface area contributed by atoms with Crippen molar-refractivity contribution in [1.82, 2.24) is 10.2 Å². The molecule has 2 N–H and O–H groups in total. The van der Waals surface area contributed by atoms with Gasteiger partial charge in [-0.1, -0.05) is 18.2 Å². The molecule has 0 radical (unpaired) electrons. The van der Waals surface area contributed by atoms with Gasteiger partial charge < -0.3 is 20.1 Å². The van der Waals surface area contributed by atoms with Crippen molar-refractivity contribution in [1.29, 1.82) is 0 Å². The summed E-state index contributed by atoms with van der Waals surface area (Å²) in [4.78, 5) is 24.8. The second-order valence-corrected chi connectivity index (χ2v) is 5.04. The van der Waals surface area contributed by atoms with Gasteiger partial charge in [-0.3, -0.25) is 0 Å². The van der Waals surface area contributed by atoms with E-state index < -0.39 is 5.97 Å². The van der Waals surface area contributed by atoms with E-state index in [0.29, 0.717) is 26.1 Å². The Hall–Kier alpha value is -2.08. The minimum atomic E-state index is -0.945. The summed E-state index contributed by atoms with van der Waals surface area (Å²) in [7, 11) is 1.65. The van der Waals surface area contributed by atoms with Gasteiger partial charge in [0.15, 0.2) is 0 Å². The molecule has 0 saturated carbocycles. The second kappa shape index (κ2) is 7.08. The number of aromatic carboxylic acids is 1. The number of carbonyl (C=O) groups excluding carboxylic acids is 1. The Morgan fingerprint density at radius 2 is 2.19 bits per heavy atom. The van der Waals surface area contributed by atoms with Crippen molar-refractivity contribution >= 4 is 12.0 Å². The Kier molecular flexibility index (Phi) is 5.16. The van der Waals surface area contributed by atoms with Crippen LogP contribution in [0.25, 0.3) is 0 Å². The smallest absolute Gasteiger partial charge is 0.335 e. The van der Waals surface area contributed by atoms with Crippen molar-refractivity contribution in [2.75, 3.05) is 26.7 Å². The molecule has 0 spiro atoms. The summed E-state index contributed by atoms with van der Waals surface area (Å²) in [6.07, 6.45) is 1.46. The number of carboxylic acids is 1. The third kappa shape index (κ3) is 3.95. The maximum absolute atomic E-state index is 12.0. The van der Waals surface area contributed by atoms with Crippen LogP contribution in [0.1, 0.15) is 22.3 Å². The quantitative estimate of drug-likeness (QED) is 0.859. The number of nitrogens with one attached hydrogen (secondary N) is 1. The molecule has 1 aromatic carbocycles. The Morgan fingerprint density at radius 1 is 1.43 bits per heavy atom. The molecular weight excluding hydrogens is 272 g/mol. The molecule has 1 aliphatic rings. The molecule has 1 fully saturated rings. The molecule has 1 unspecified atom stereocenters. The molecule has 2 rings (SSSR count). The highest BCUT2D eigenvalue weighted by atomic mass is 16.5. The number of methoxy groups -OCH3 is 1. The molecule has 2 amide bonds. The van der Waals surface area contributed by atoms with Gasteiger partial charge in [0.25, 0.3) is 0 Å². The van der Waals surface area contributed by atoms with Crippen LogP contribution in [0.2, 0.25) is 0 Å². The lowest BCUT2D eigenvalue weighted by Gasteiger charge is -2.17. The number of hydrogen-bond donors (Lipinski definition) is 2. The zero-order valence-corrected chi connectivity index (χ0v) is 12.0. The molecule has 1 saturated heterocycles. The van der Waals surface area contributed by atoms with Gasteiger partial charge in [-0.15, -0.1) is 0 Å². The molecule has 1 heterocycles. The van der Waals surface area contributed by atoms with Crippen molar-refractivity contribution in [2.24, 2.45) is 0 Å². The van der Waals surface area contributed by atoms with E-state index >= 15 is 0 Å². The first-order valence-corrected chi connectivity index (χ1v) is 6.98. The Balaban J connectivity index is 1.82. The molecule has 1 aliphatic heterocycles. The number of hydrogen-bond acceptors (Lipinski definition) is 3. The van der Waals surface area contributed by atoms with Gasteiger partial charge in [0, 0.05) is 26.7 Å². The minimum Gasteiger partial charge on any atom is -0.478 e. The number of rotatable bonds is 5. The van der Waals surface area contributed by atoms with Crippen LogP contribution in [0.15, 0.2) is 24.3 Å². The lowest BCUT2D eigenvalue weighted by molar-refractivity contribution is 0.0695. The molecule has 21 heavy (non-hydrogen) atoms. The Bertz CT molecular complexity index is 518. The van der Waals surface area contributed by atoms with E-state index in [2.05, 4.69) is 5.32 Å². The topological polar surface area (TPSA) is 78.9 Å². The maximum Gasteiger partial charge on any atom is 0.335 e. The van der Waals surface area contributed by atoms with Crippen molar-refractivity contribution < 1.29 is 19.4 Å². The summed E-state index contributed by atoms with van der Waals surface area (Å²) in [5.41, 5.74) is 1.01. The molecule has 6 nitrogen and oxygen atoms in total. The summed E-state index contributed by atoms with van der Waals surface area (Å²) < 4.78 is 5.22. The fourth-order valence-electron chi connectivity index (χ4n) is 2.47. The first-order valence-electron chi connectivity index (χ1n) is 6.98. The van der Waals surface area contributed by atoms with E-state index in [1.54, 1.807) is 36.3 Å². The van der Waals surface area contributed by atoms with Crippen LogP contribution < -0.4 is 5.32 Å². The van der Waals surface area contributed by atoms with E-state index in [4.69, 9.17) is 9.84 Å². The number of likely N-dealkylation sites (tertiary alicyclic amines) is 1. The summed E-state index contributed by atoms with van der Waals surface area (Å²) in [5, 5.41) is 11.9. The summed E-state index contributed by atoms with van der Waals surface area (Å²) in [6.45, 7) is 1.71. The fourth-order valence-corrected chi connectivity index (χ4v) is 2.47. The number of carbonyl (C=O) groups is 2. The van der Waals surface area contributed by atoms with Crippen LogP contribution in [-0.4, -0.2) is 54.9 Å². The second-order valence-electron chi connectivity index (χ2n) is 5.04. The SMILES string of the molecule is COC1CCN(C(=O)NCCc2ccccc2C(=O)O)C1. The predicted octanol–water partition coefficient (Wildman–Crippen LogP) is 1.36. The average Bonchev–Trinajstić information content (AvgIpc) is 2.96. The van der Waals surface area contributed by atoms with Crippen LogP contribution >= 0.6 is 0 Å². The van der Waals surface area contributed by atoms with Crippen LogP contribution in [0, 0.1) is 0 Å². The highest BCUT2D eigenvalue weighted by Gasteiger charge is 2.25. The molecule has 0 aliphatic carbocycles. The van der Waals surface area contributed by atoms with Gasteiger partial charge in [-0.25, -0.2) is 9.59 Å². The van der Waals surface area contributed by atoms with E-state index in [1.165, 1.54) is 0 Å². The van der Waals surface area contributed by atoms with Gasteiger partial charge in [-0.2, -0.15) is 0 Å². The van der Waals surface area contributed by atoms with Crippen molar-refractivity contribution in [3.8, 4) is 0 Å². The third-order valence-corrected chi connectivity index (χ3v) is 3.68. The monoisotopic (exact) mass is 292 g/mol. The summed E-state index contributed by atoms with van der Waals surface area (Å²) in [5.74, 6) is -0.945. The van der Waals surface area contributed by atoms with Gasteiger partial charge in [0.1, 0.15) is 0 Å². The normalized spacial score (nSPS) is 17.8. The average molecular weight is 292 g/mol. The van der Waals surface area contributed by atoms with Crippen molar-refractivity contribution in [3.63, 3.8) is 0 Å². The first kappa shape index (κ1) is 15.3. The lowest BCUT2D eigenvalue weighted by Crippen LogP contribution is -2.39. The third-order valence-electron chi connectivity index (χ3n) is 3.68. The lowest BCUT2D eigenvalue weighted by atomic mass is 10.0. The number of amides is 2. The van der Waals surface area contributed by atoms with Gasteiger partial charge >= 0.3 is 12.0 Å². The van der Waals surface area contributed by atoms with Gasteiger partial charge in [0.2, 0.25) is 0 Å². The molecule has 0 aromatic heterocycles. The fraction of sp³-hybridized carbons (Fsp3) is 0.467. The Morgan fingerprint density at radius 3 is 2.86 bits per heavy atom. The molecular formula is C15H20N2O4.